The summed E-state index contributed by atoms with van der Waals surface area (Å²) in [4.78, 5) is 0. The van der Waals surface area contributed by atoms with Crippen LogP contribution < -0.4 is 5.32 Å². The highest BCUT2D eigenvalue weighted by Gasteiger charge is 2.27. The monoisotopic (exact) mass is 269 g/mol. The van der Waals surface area contributed by atoms with Crippen molar-refractivity contribution in [2.45, 2.75) is 38.6 Å². The number of hydrogen-bond donors (Lipinski definition) is 1. The van der Waals surface area contributed by atoms with Crippen LogP contribution in [0.5, 0.6) is 0 Å². The minimum Gasteiger partial charge on any atom is -0.313 e. The van der Waals surface area contributed by atoms with Crippen molar-refractivity contribution < 1.29 is 4.39 Å². The van der Waals surface area contributed by atoms with Crippen LogP contribution in [0.1, 0.15) is 44.2 Å². The fourth-order valence-corrected chi connectivity index (χ4v) is 3.35. The Morgan fingerprint density at radius 2 is 2.17 bits per heavy atom. The number of hydrogen-bond acceptors (Lipinski definition) is 1. The Labute approximate surface area is 114 Å². The summed E-state index contributed by atoms with van der Waals surface area (Å²) in [5.41, 5.74) is 1.10. The molecule has 0 heterocycles. The SMILES string of the molecule is CNC(c1ccc(F)c(Cl)c1)C1CCCC(C)C1. The van der Waals surface area contributed by atoms with E-state index in [-0.39, 0.29) is 16.9 Å². The highest BCUT2D eigenvalue weighted by molar-refractivity contribution is 6.30. The van der Waals surface area contributed by atoms with Gasteiger partial charge in [-0.15, -0.1) is 0 Å². The zero-order chi connectivity index (χ0) is 13.1. The third-order valence-electron chi connectivity index (χ3n) is 4.06. The molecule has 1 aromatic carbocycles. The van der Waals surface area contributed by atoms with Gasteiger partial charge in [0.15, 0.2) is 0 Å². The van der Waals surface area contributed by atoms with E-state index in [4.69, 9.17) is 11.6 Å². The molecular weight excluding hydrogens is 249 g/mol. The molecular formula is C15H21ClFN. The Hall–Kier alpha value is -0.600. The van der Waals surface area contributed by atoms with Crippen LogP contribution >= 0.6 is 11.6 Å². The topological polar surface area (TPSA) is 12.0 Å². The number of nitrogens with one attached hydrogen (secondary N) is 1. The summed E-state index contributed by atoms with van der Waals surface area (Å²) in [5.74, 6) is 1.07. The molecule has 1 saturated carbocycles. The Morgan fingerprint density at radius 3 is 2.78 bits per heavy atom. The summed E-state index contributed by atoms with van der Waals surface area (Å²) in [6.45, 7) is 2.32. The molecule has 0 amide bonds. The van der Waals surface area contributed by atoms with Gasteiger partial charge in [-0.25, -0.2) is 4.39 Å². The molecule has 100 valence electrons. The Balaban J connectivity index is 2.18. The first-order valence-corrected chi connectivity index (χ1v) is 7.11. The third kappa shape index (κ3) is 3.04. The molecule has 3 heteroatoms. The molecule has 0 spiro atoms. The average molecular weight is 270 g/mol. The van der Waals surface area contributed by atoms with Gasteiger partial charge in [-0.05, 0) is 49.4 Å². The van der Waals surface area contributed by atoms with E-state index >= 15 is 0 Å². The van der Waals surface area contributed by atoms with Crippen molar-refractivity contribution in [1.29, 1.82) is 0 Å². The van der Waals surface area contributed by atoms with E-state index in [9.17, 15) is 4.39 Å². The van der Waals surface area contributed by atoms with Gasteiger partial charge in [0.2, 0.25) is 0 Å². The lowest BCUT2D eigenvalue weighted by Crippen LogP contribution is -2.29. The van der Waals surface area contributed by atoms with Crippen molar-refractivity contribution >= 4 is 11.6 Å². The molecule has 3 atom stereocenters. The van der Waals surface area contributed by atoms with Gasteiger partial charge in [0.1, 0.15) is 5.82 Å². The Morgan fingerprint density at radius 1 is 1.39 bits per heavy atom. The van der Waals surface area contributed by atoms with Gasteiger partial charge in [-0.3, -0.25) is 0 Å². The molecule has 1 N–H and O–H groups in total. The molecule has 1 aliphatic carbocycles. The second-order valence-electron chi connectivity index (χ2n) is 5.47. The zero-order valence-corrected chi connectivity index (χ0v) is 11.8. The maximum atomic E-state index is 13.2. The predicted molar refractivity (Wildman–Crippen MR) is 74.3 cm³/mol. The van der Waals surface area contributed by atoms with Crippen LogP contribution in [0.3, 0.4) is 0 Å². The summed E-state index contributed by atoms with van der Waals surface area (Å²) < 4.78 is 13.2. The Bertz CT molecular complexity index is 407. The predicted octanol–water partition coefficient (Wildman–Crippen LogP) is 4.57. The van der Waals surface area contributed by atoms with Crippen molar-refractivity contribution in [3.63, 3.8) is 0 Å². The first-order chi connectivity index (χ1) is 8.61. The lowest BCUT2D eigenvalue weighted by atomic mass is 9.77. The molecule has 0 aromatic heterocycles. The van der Waals surface area contributed by atoms with Crippen molar-refractivity contribution in [3.8, 4) is 0 Å². The smallest absolute Gasteiger partial charge is 0.141 e. The summed E-state index contributed by atoms with van der Waals surface area (Å²) in [5, 5.41) is 3.59. The van der Waals surface area contributed by atoms with E-state index in [1.165, 1.54) is 31.7 Å². The molecule has 3 unspecified atom stereocenters. The summed E-state index contributed by atoms with van der Waals surface area (Å²) in [7, 11) is 1.97. The van der Waals surface area contributed by atoms with Crippen LogP contribution in [-0.2, 0) is 0 Å². The second kappa shape index (κ2) is 6.03. The van der Waals surface area contributed by atoms with Crippen LogP contribution in [-0.4, -0.2) is 7.05 Å². The molecule has 1 nitrogen and oxygen atoms in total. The number of halogens is 2. The quantitative estimate of drug-likeness (QED) is 0.848. The van der Waals surface area contributed by atoms with Crippen LogP contribution in [0, 0.1) is 17.7 Å². The van der Waals surface area contributed by atoms with E-state index < -0.39 is 0 Å². The highest BCUT2D eigenvalue weighted by atomic mass is 35.5. The van der Waals surface area contributed by atoms with Crippen molar-refractivity contribution in [2.75, 3.05) is 7.05 Å². The van der Waals surface area contributed by atoms with Crippen molar-refractivity contribution in [2.24, 2.45) is 11.8 Å². The number of benzene rings is 1. The summed E-state index contributed by atoms with van der Waals surface area (Å²) >= 11 is 5.88. The molecule has 18 heavy (non-hydrogen) atoms. The second-order valence-corrected chi connectivity index (χ2v) is 5.88. The molecule has 0 saturated heterocycles. The van der Waals surface area contributed by atoms with Crippen LogP contribution in [0.15, 0.2) is 18.2 Å². The van der Waals surface area contributed by atoms with Gasteiger partial charge in [0.25, 0.3) is 0 Å². The van der Waals surface area contributed by atoms with Gasteiger partial charge in [0.05, 0.1) is 5.02 Å². The standard InChI is InChI=1S/C15H21ClFN/c1-10-4-3-5-11(8-10)15(18-2)12-6-7-14(17)13(16)9-12/h6-7,9-11,15,18H,3-5,8H2,1-2H3. The van der Waals surface area contributed by atoms with Gasteiger partial charge >= 0.3 is 0 Å². The van der Waals surface area contributed by atoms with Crippen LogP contribution in [0.4, 0.5) is 4.39 Å². The van der Waals surface area contributed by atoms with Gasteiger partial charge in [-0.1, -0.05) is 37.4 Å². The largest absolute Gasteiger partial charge is 0.313 e. The van der Waals surface area contributed by atoms with Gasteiger partial charge in [-0.2, -0.15) is 0 Å². The Kier molecular flexibility index (Phi) is 4.63. The molecule has 1 aromatic rings. The normalized spacial score (nSPS) is 26.0. The van der Waals surface area contributed by atoms with Crippen LogP contribution in [0.25, 0.3) is 0 Å². The van der Waals surface area contributed by atoms with Crippen molar-refractivity contribution in [1.82, 2.24) is 5.32 Å². The fraction of sp³-hybridized carbons (Fsp3) is 0.600. The van der Waals surface area contributed by atoms with E-state index in [1.807, 2.05) is 13.1 Å². The fourth-order valence-electron chi connectivity index (χ4n) is 3.16. The van der Waals surface area contributed by atoms with Crippen molar-refractivity contribution in [3.05, 3.63) is 34.6 Å². The molecule has 0 radical (unpaired) electrons. The molecule has 0 bridgehead atoms. The average Bonchev–Trinajstić information content (AvgIpc) is 2.35. The summed E-state index contributed by atoms with van der Waals surface area (Å²) in [6.07, 6.45) is 5.10. The van der Waals surface area contributed by atoms with E-state index in [2.05, 4.69) is 12.2 Å². The molecule has 1 fully saturated rings. The molecule has 2 rings (SSSR count). The molecule has 0 aliphatic heterocycles. The maximum Gasteiger partial charge on any atom is 0.141 e. The number of rotatable bonds is 3. The van der Waals surface area contributed by atoms with Gasteiger partial charge < -0.3 is 5.32 Å². The van der Waals surface area contributed by atoms with E-state index in [1.54, 1.807) is 6.07 Å². The van der Waals surface area contributed by atoms with E-state index in [0.717, 1.165) is 11.5 Å². The minimum atomic E-state index is -0.340. The lowest BCUT2D eigenvalue weighted by Gasteiger charge is -2.33. The first kappa shape index (κ1) is 13.8. The lowest BCUT2D eigenvalue weighted by molar-refractivity contribution is 0.230. The highest BCUT2D eigenvalue weighted by Crippen LogP contribution is 2.37. The zero-order valence-electron chi connectivity index (χ0n) is 11.0. The van der Waals surface area contributed by atoms with E-state index in [0.29, 0.717) is 5.92 Å². The van der Waals surface area contributed by atoms with Crippen LogP contribution in [0.2, 0.25) is 5.02 Å². The minimum absolute atomic E-state index is 0.219. The molecule has 1 aliphatic rings. The maximum absolute atomic E-state index is 13.2. The first-order valence-electron chi connectivity index (χ1n) is 6.74. The summed E-state index contributed by atoms with van der Waals surface area (Å²) in [6, 6.07) is 5.36. The van der Waals surface area contributed by atoms with Gasteiger partial charge in [0, 0.05) is 6.04 Å². The third-order valence-corrected chi connectivity index (χ3v) is 4.35.